The van der Waals surface area contributed by atoms with Crippen LogP contribution < -0.4 is 10.6 Å². The van der Waals surface area contributed by atoms with Gasteiger partial charge < -0.3 is 36.5 Å². The molecule has 0 heterocycles. The smallest absolute Gasteiger partial charge is 0.441 e. The molecule has 0 radical (unpaired) electrons. The number of hydrogen-bond donors (Lipinski definition) is 1. The van der Waals surface area contributed by atoms with Crippen molar-refractivity contribution < 1.29 is 62.1 Å². The molecule has 4 rings (SSSR count). The number of ketones is 3. The number of hydrogen-bond acceptors (Lipinski definition) is 10. The third kappa shape index (κ3) is 10.6. The summed E-state index contributed by atoms with van der Waals surface area (Å²) in [5.41, 5.74) is 29.9. The van der Waals surface area contributed by atoms with E-state index in [4.69, 9.17) is 19.9 Å². The quantitative estimate of drug-likeness (QED) is 0.0601. The zero-order chi connectivity index (χ0) is 40.7. The highest BCUT2D eigenvalue weighted by atomic mass is 16.6. The van der Waals surface area contributed by atoms with Crippen LogP contribution in [-0.4, -0.2) is 98.2 Å². The largest absolute Gasteiger partial charge is 0.454 e. The van der Waals surface area contributed by atoms with Gasteiger partial charge in [0, 0.05) is 23.4 Å². The van der Waals surface area contributed by atoms with E-state index in [0.717, 1.165) is 24.2 Å². The molecule has 2 N–H and O–H groups in total. The molecule has 3 fully saturated rings. The molecule has 0 bridgehead atoms. The number of esters is 3. The molecule has 3 saturated carbocycles. The molecule has 0 atom stereocenters. The van der Waals surface area contributed by atoms with Gasteiger partial charge >= 0.3 is 41.1 Å². The van der Waals surface area contributed by atoms with Crippen molar-refractivity contribution in [3.05, 3.63) is 46.9 Å². The third-order valence-corrected chi connectivity index (χ3v) is 10.6. The van der Waals surface area contributed by atoms with Crippen LogP contribution in [0, 0.1) is 17.8 Å². The summed E-state index contributed by atoms with van der Waals surface area (Å²) in [4.78, 5) is 103. The van der Waals surface area contributed by atoms with Crippen LogP contribution in [0.1, 0.15) is 96.3 Å². The van der Waals surface area contributed by atoms with E-state index in [1.807, 2.05) is 0 Å². The summed E-state index contributed by atoms with van der Waals surface area (Å²) in [7, 11) is 0. The lowest BCUT2D eigenvalue weighted by Crippen LogP contribution is -2.63. The fourth-order valence-corrected chi connectivity index (χ4v) is 7.58. The van der Waals surface area contributed by atoms with Gasteiger partial charge in [-0.1, -0.05) is 76.0 Å². The molecule has 56 heavy (non-hydrogen) atoms. The van der Waals surface area contributed by atoms with Crippen LogP contribution in [0.4, 0.5) is 10.5 Å². The second-order valence-corrected chi connectivity index (χ2v) is 14.4. The molecule has 0 unspecified atom stereocenters. The normalized spacial score (nSPS) is 17.3. The predicted octanol–water partition coefficient (Wildman–Crippen LogP) is 3.40. The Morgan fingerprint density at radius 1 is 0.554 bits per heavy atom. The fourth-order valence-electron chi connectivity index (χ4n) is 7.58. The summed E-state index contributed by atoms with van der Waals surface area (Å²) in [5, 5.41) is 0. The van der Waals surface area contributed by atoms with E-state index in [-0.39, 0.29) is 5.69 Å². The van der Waals surface area contributed by atoms with Gasteiger partial charge in [-0.2, -0.15) is 14.4 Å². The maximum Gasteiger partial charge on any atom is 0.441 e. The molecule has 2 amide bonds. The zero-order valence-electron chi connectivity index (χ0n) is 31.1. The highest BCUT2D eigenvalue weighted by Gasteiger charge is 2.49. The van der Waals surface area contributed by atoms with E-state index in [1.165, 1.54) is 24.3 Å². The van der Waals surface area contributed by atoms with Crippen molar-refractivity contribution in [2.24, 2.45) is 23.5 Å². The number of ether oxygens (including phenoxy) is 3. The fraction of sp³-hybridized carbons (Fsp3) is 0.579. The van der Waals surface area contributed by atoms with E-state index in [0.29, 0.717) is 77.0 Å². The van der Waals surface area contributed by atoms with Crippen molar-refractivity contribution in [2.45, 2.75) is 102 Å². The van der Waals surface area contributed by atoms with Crippen molar-refractivity contribution in [3.63, 3.8) is 0 Å². The van der Waals surface area contributed by atoms with Crippen molar-refractivity contribution >= 4 is 64.1 Å². The first-order valence-corrected chi connectivity index (χ1v) is 18.9. The second kappa shape index (κ2) is 20.7. The van der Waals surface area contributed by atoms with E-state index in [9.17, 15) is 50.2 Å². The molecule has 3 aliphatic rings. The Morgan fingerprint density at radius 3 is 1.12 bits per heavy atom. The minimum Gasteiger partial charge on any atom is -0.454 e. The summed E-state index contributed by atoms with van der Waals surface area (Å²) >= 11 is 0. The molecule has 18 heteroatoms. The van der Waals surface area contributed by atoms with Gasteiger partial charge in [0.15, 0.2) is 5.54 Å². The van der Waals surface area contributed by atoms with E-state index >= 15 is 0 Å². The van der Waals surface area contributed by atoms with Crippen LogP contribution in [0.15, 0.2) is 30.3 Å². The molecule has 0 aliphatic heterocycles. The molecular weight excluding hydrogens is 728 g/mol. The number of Topliss-reactive ketones (excluding diaryl/α,β-unsaturated/α-hetero) is 3. The number of rotatable bonds is 17. The van der Waals surface area contributed by atoms with Crippen molar-refractivity contribution in [3.8, 4) is 0 Å². The number of anilines is 1. The summed E-state index contributed by atoms with van der Waals surface area (Å²) in [5.74, 6) is -8.59. The first-order chi connectivity index (χ1) is 27.0. The van der Waals surface area contributed by atoms with E-state index in [1.54, 1.807) is 6.07 Å². The van der Waals surface area contributed by atoms with Gasteiger partial charge in [0.25, 0.3) is 17.3 Å². The average Bonchev–Trinajstić information content (AvgIpc) is 3.23. The number of amides is 2. The average molecular weight is 775 g/mol. The standard InChI is InChI=1S/C38H46N8O10/c39-37(53)46(27-19-11-4-12-20-27)38(21-54-34(50)28(43-40)31(47)24-13-5-1-6-14-24,22-55-35(51)29(44-41)32(48)25-15-7-2-8-16-25)23-56-36(52)30(45-42)33(49)26-17-9-3-10-18-26/h4,11-12,19-20,24-26H,1-3,5-10,13-18,21-23H2,(H2,39,53). The number of urea groups is 1. The number of carbonyl (C=O) groups excluding carboxylic acids is 7. The van der Waals surface area contributed by atoms with Gasteiger partial charge in [0.2, 0.25) is 0 Å². The monoisotopic (exact) mass is 774 g/mol. The van der Waals surface area contributed by atoms with Gasteiger partial charge in [0.05, 0.1) is 0 Å². The lowest BCUT2D eigenvalue weighted by Gasteiger charge is -2.40. The Labute approximate surface area is 322 Å². The van der Waals surface area contributed by atoms with Crippen LogP contribution in [-0.2, 0) is 43.0 Å². The Bertz CT molecular complexity index is 1660. The summed E-state index contributed by atoms with van der Waals surface area (Å²) in [6, 6.07) is 6.10. The van der Waals surface area contributed by atoms with Gasteiger partial charge in [0.1, 0.15) is 19.8 Å². The first-order valence-electron chi connectivity index (χ1n) is 18.9. The molecule has 1 aromatic carbocycles. The van der Waals surface area contributed by atoms with Gasteiger partial charge in [-0.3, -0.25) is 19.3 Å². The molecule has 1 aromatic rings. The SMILES string of the molecule is [N-]=[N+]=C(C(=O)OCC(COC(=O)C(=[N+]=[N-])C(=O)C1CCCCC1)(COC(=O)C(=[N+]=[N-])C(=O)C1CCCCC1)N(C(N)=O)c1ccccc1)C(=O)C1CCCCC1. The van der Waals surface area contributed by atoms with Crippen LogP contribution in [0.25, 0.3) is 16.6 Å². The molecule has 0 spiro atoms. The van der Waals surface area contributed by atoms with E-state index < -0.39 is 102 Å². The van der Waals surface area contributed by atoms with Crippen LogP contribution in [0.5, 0.6) is 0 Å². The van der Waals surface area contributed by atoms with Gasteiger partial charge in [-0.15, -0.1) is 0 Å². The molecule has 298 valence electrons. The number of para-hydroxylation sites is 1. The summed E-state index contributed by atoms with van der Waals surface area (Å²) < 4.78 is 16.4. The summed E-state index contributed by atoms with van der Waals surface area (Å²) in [6.45, 7) is -3.23. The lowest BCUT2D eigenvalue weighted by molar-refractivity contribution is -0.152. The molecule has 0 aromatic heterocycles. The van der Waals surface area contributed by atoms with Crippen LogP contribution in [0.3, 0.4) is 0 Å². The Balaban J connectivity index is 1.73. The van der Waals surface area contributed by atoms with Crippen LogP contribution in [0.2, 0.25) is 0 Å². The topological polar surface area (TPSA) is 286 Å². The number of nitrogens with zero attached hydrogens (tertiary/aromatic N) is 7. The maximum absolute atomic E-state index is 13.5. The number of benzene rings is 1. The zero-order valence-corrected chi connectivity index (χ0v) is 31.1. The Hall–Kier alpha value is -5.95. The number of carbonyl (C=O) groups is 7. The molecule has 0 saturated heterocycles. The van der Waals surface area contributed by atoms with Crippen molar-refractivity contribution in [2.75, 3.05) is 24.7 Å². The van der Waals surface area contributed by atoms with E-state index in [2.05, 4.69) is 14.4 Å². The highest BCUT2D eigenvalue weighted by molar-refractivity contribution is 6.63. The van der Waals surface area contributed by atoms with Crippen LogP contribution >= 0.6 is 0 Å². The maximum atomic E-state index is 13.5. The van der Waals surface area contributed by atoms with Gasteiger partial charge in [-0.25, -0.2) is 19.2 Å². The summed E-state index contributed by atoms with van der Waals surface area (Å²) in [6.07, 6.45) is 9.52. The number of primary amides is 1. The Morgan fingerprint density at radius 2 is 0.857 bits per heavy atom. The van der Waals surface area contributed by atoms with Crippen molar-refractivity contribution in [1.29, 1.82) is 0 Å². The molecule has 18 nitrogen and oxygen atoms in total. The number of nitrogens with two attached hydrogens (primary N) is 1. The van der Waals surface area contributed by atoms with Gasteiger partial charge in [-0.05, 0) is 50.7 Å². The molecular formula is C38H46N8O10. The highest BCUT2D eigenvalue weighted by Crippen LogP contribution is 2.30. The third-order valence-electron chi connectivity index (χ3n) is 10.6. The minimum absolute atomic E-state index is 0.0128. The second-order valence-electron chi connectivity index (χ2n) is 14.4. The lowest BCUT2D eigenvalue weighted by atomic mass is 9.84. The van der Waals surface area contributed by atoms with Crippen molar-refractivity contribution in [1.82, 2.24) is 0 Å². The minimum atomic E-state index is -2.37. The molecule has 3 aliphatic carbocycles. The Kier molecular flexibility index (Phi) is 15.8. The first kappa shape index (κ1) is 42.8. The predicted molar refractivity (Wildman–Crippen MR) is 195 cm³/mol.